The van der Waals surface area contributed by atoms with Crippen molar-refractivity contribution in [2.24, 2.45) is 11.8 Å². The molecule has 2 saturated heterocycles. The lowest BCUT2D eigenvalue weighted by Crippen LogP contribution is -2.56. The summed E-state index contributed by atoms with van der Waals surface area (Å²) in [7, 11) is 1.76. The highest BCUT2D eigenvalue weighted by molar-refractivity contribution is 5.86. The van der Waals surface area contributed by atoms with Gasteiger partial charge in [-0.25, -0.2) is 0 Å². The van der Waals surface area contributed by atoms with Crippen LogP contribution in [0.3, 0.4) is 0 Å². The fraction of sp³-hybridized carbons (Fsp3) is 0.600. The molecule has 1 N–H and O–H groups in total. The lowest BCUT2D eigenvalue weighted by atomic mass is 9.65. The van der Waals surface area contributed by atoms with Gasteiger partial charge in [0, 0.05) is 41.6 Å². The molecule has 1 aliphatic carbocycles. The molecule has 1 aromatic heterocycles. The predicted octanol–water partition coefficient (Wildman–Crippen LogP) is 3.94. The smallest absolute Gasteiger partial charge is 0.119 e. The van der Waals surface area contributed by atoms with Crippen LogP contribution in [0.5, 0.6) is 5.75 Å². The highest BCUT2D eigenvalue weighted by Crippen LogP contribution is 2.51. The highest BCUT2D eigenvalue weighted by atomic mass is 16.5. The molecule has 1 aromatic carbocycles. The van der Waals surface area contributed by atoms with E-state index in [1.165, 1.54) is 49.7 Å². The summed E-state index contributed by atoms with van der Waals surface area (Å²) in [6.45, 7) is 4.95. The molecule has 0 spiro atoms. The molecule has 4 bridgehead atoms. The number of hydrogen-bond donors (Lipinski definition) is 1. The van der Waals surface area contributed by atoms with Crippen LogP contribution in [0.15, 0.2) is 18.2 Å². The number of H-pyrrole nitrogens is 1. The molecule has 0 radical (unpaired) electrons. The minimum absolute atomic E-state index is 0.711. The standard InChI is InChI=1S/C20H26N2O/c1-3-13-8-12-9-17-19-15(6-7-22(11-12)20(13)17)16-10-14(23-2)4-5-18(16)21-19/h4-5,10,12-13,17,20-21H,3,6-9,11H2,1-2H3/t12?,13-,17?,20-/m1/s1. The van der Waals surface area contributed by atoms with E-state index in [4.69, 9.17) is 4.74 Å². The predicted molar refractivity (Wildman–Crippen MR) is 93.2 cm³/mol. The molecular weight excluding hydrogens is 284 g/mol. The number of rotatable bonds is 2. The third-order valence-corrected chi connectivity index (χ3v) is 6.72. The number of fused-ring (bicyclic) bond motifs is 4. The minimum atomic E-state index is 0.711. The Balaban J connectivity index is 1.66. The second-order valence-electron chi connectivity index (χ2n) is 7.78. The Morgan fingerprint density at radius 2 is 2.22 bits per heavy atom. The zero-order valence-electron chi connectivity index (χ0n) is 14.1. The summed E-state index contributed by atoms with van der Waals surface area (Å²) >= 11 is 0. The minimum Gasteiger partial charge on any atom is -0.497 e. The normalized spacial score (nSPS) is 35.1. The van der Waals surface area contributed by atoms with E-state index in [0.29, 0.717) is 5.92 Å². The van der Waals surface area contributed by atoms with Gasteiger partial charge in [-0.1, -0.05) is 13.3 Å². The Kier molecular flexibility index (Phi) is 3.03. The Labute approximate surface area is 138 Å². The molecule has 4 aliphatic rings. The number of ether oxygens (including phenoxy) is 1. The van der Waals surface area contributed by atoms with E-state index in [2.05, 4.69) is 35.0 Å². The van der Waals surface area contributed by atoms with Crippen molar-refractivity contribution in [1.82, 2.24) is 9.88 Å². The number of piperidine rings is 2. The molecule has 3 aliphatic heterocycles. The van der Waals surface area contributed by atoms with Crippen molar-refractivity contribution in [3.8, 4) is 5.75 Å². The molecular formula is C20H26N2O. The summed E-state index contributed by atoms with van der Waals surface area (Å²) in [6.07, 6.45) is 5.35. The topological polar surface area (TPSA) is 28.3 Å². The zero-order chi connectivity index (χ0) is 15.6. The number of aromatic nitrogens is 1. The Bertz CT molecular complexity index is 749. The number of nitrogens with one attached hydrogen (secondary N) is 1. The maximum absolute atomic E-state index is 5.46. The molecule has 1 saturated carbocycles. The van der Waals surface area contributed by atoms with Crippen LogP contribution in [0.25, 0.3) is 10.9 Å². The molecule has 4 heterocycles. The summed E-state index contributed by atoms with van der Waals surface area (Å²) in [5, 5.41) is 1.39. The van der Waals surface area contributed by atoms with Gasteiger partial charge in [0.2, 0.25) is 0 Å². The Morgan fingerprint density at radius 1 is 1.30 bits per heavy atom. The second kappa shape index (κ2) is 5.01. The van der Waals surface area contributed by atoms with Gasteiger partial charge in [-0.15, -0.1) is 0 Å². The SMILES string of the molecule is CC[C@@H]1CC2CC3c4[nH]c5ccc(OC)cc5c4CCN(C2)[C@@H]31. The van der Waals surface area contributed by atoms with Gasteiger partial charge in [-0.05, 0) is 54.9 Å². The molecule has 3 fully saturated rings. The lowest BCUT2D eigenvalue weighted by Gasteiger charge is -2.53. The number of benzene rings is 1. The molecule has 3 unspecified atom stereocenters. The van der Waals surface area contributed by atoms with Gasteiger partial charge >= 0.3 is 0 Å². The van der Waals surface area contributed by atoms with Crippen LogP contribution in [-0.2, 0) is 6.42 Å². The number of hydrogen-bond acceptors (Lipinski definition) is 2. The van der Waals surface area contributed by atoms with Crippen LogP contribution in [0.4, 0.5) is 0 Å². The van der Waals surface area contributed by atoms with E-state index < -0.39 is 0 Å². The lowest BCUT2D eigenvalue weighted by molar-refractivity contribution is -0.0134. The summed E-state index contributed by atoms with van der Waals surface area (Å²) < 4.78 is 5.46. The fourth-order valence-electron chi connectivity index (χ4n) is 5.80. The summed E-state index contributed by atoms with van der Waals surface area (Å²) in [5.41, 5.74) is 4.40. The number of nitrogens with zero attached hydrogens (tertiary/aromatic N) is 1. The number of aromatic amines is 1. The van der Waals surface area contributed by atoms with Gasteiger partial charge in [0.05, 0.1) is 7.11 Å². The van der Waals surface area contributed by atoms with Crippen LogP contribution in [0.2, 0.25) is 0 Å². The van der Waals surface area contributed by atoms with Crippen molar-refractivity contribution < 1.29 is 4.74 Å². The molecule has 3 nitrogen and oxygen atoms in total. The first kappa shape index (κ1) is 13.9. The molecule has 2 aromatic rings. The van der Waals surface area contributed by atoms with Crippen LogP contribution in [0, 0.1) is 11.8 Å². The van der Waals surface area contributed by atoms with Crippen molar-refractivity contribution in [3.05, 3.63) is 29.5 Å². The van der Waals surface area contributed by atoms with Crippen LogP contribution in [0.1, 0.15) is 43.4 Å². The van der Waals surface area contributed by atoms with Gasteiger partial charge in [0.1, 0.15) is 5.75 Å². The van der Waals surface area contributed by atoms with E-state index >= 15 is 0 Å². The Morgan fingerprint density at radius 3 is 3.04 bits per heavy atom. The van der Waals surface area contributed by atoms with E-state index in [-0.39, 0.29) is 0 Å². The van der Waals surface area contributed by atoms with Crippen LogP contribution < -0.4 is 4.74 Å². The van der Waals surface area contributed by atoms with E-state index in [1.54, 1.807) is 18.4 Å². The van der Waals surface area contributed by atoms with E-state index in [1.807, 2.05) is 0 Å². The summed E-state index contributed by atoms with van der Waals surface area (Å²) in [4.78, 5) is 6.63. The molecule has 3 heteroatoms. The van der Waals surface area contributed by atoms with Crippen molar-refractivity contribution in [2.75, 3.05) is 20.2 Å². The van der Waals surface area contributed by atoms with Gasteiger partial charge in [-0.2, -0.15) is 0 Å². The van der Waals surface area contributed by atoms with Crippen molar-refractivity contribution in [2.45, 2.75) is 44.6 Å². The average molecular weight is 310 g/mol. The van der Waals surface area contributed by atoms with Crippen LogP contribution >= 0.6 is 0 Å². The monoisotopic (exact) mass is 310 g/mol. The quantitative estimate of drug-likeness (QED) is 0.910. The van der Waals surface area contributed by atoms with E-state index in [0.717, 1.165) is 23.6 Å². The zero-order valence-corrected chi connectivity index (χ0v) is 14.1. The van der Waals surface area contributed by atoms with E-state index in [9.17, 15) is 0 Å². The van der Waals surface area contributed by atoms with Crippen molar-refractivity contribution in [1.29, 1.82) is 0 Å². The third-order valence-electron chi connectivity index (χ3n) is 6.72. The second-order valence-corrected chi connectivity index (χ2v) is 7.78. The number of methoxy groups -OCH3 is 1. The van der Waals surface area contributed by atoms with Crippen LogP contribution in [-0.4, -0.2) is 36.1 Å². The van der Waals surface area contributed by atoms with Gasteiger partial charge in [0.25, 0.3) is 0 Å². The maximum Gasteiger partial charge on any atom is 0.119 e. The first-order valence-corrected chi connectivity index (χ1v) is 9.21. The maximum atomic E-state index is 5.46. The molecule has 122 valence electrons. The van der Waals surface area contributed by atoms with Crippen molar-refractivity contribution in [3.63, 3.8) is 0 Å². The highest BCUT2D eigenvalue weighted by Gasteiger charge is 2.48. The summed E-state index contributed by atoms with van der Waals surface area (Å²) in [6, 6.07) is 7.26. The first-order valence-electron chi connectivity index (χ1n) is 9.21. The molecule has 5 atom stereocenters. The average Bonchev–Trinajstić information content (AvgIpc) is 2.92. The van der Waals surface area contributed by atoms with Gasteiger partial charge < -0.3 is 9.72 Å². The fourth-order valence-corrected chi connectivity index (χ4v) is 5.80. The van der Waals surface area contributed by atoms with Gasteiger partial charge in [0.15, 0.2) is 0 Å². The molecule has 0 amide bonds. The summed E-state index contributed by atoms with van der Waals surface area (Å²) in [5.74, 6) is 3.48. The first-order chi connectivity index (χ1) is 11.3. The third kappa shape index (κ3) is 1.92. The Hall–Kier alpha value is -1.48. The van der Waals surface area contributed by atoms with Gasteiger partial charge in [-0.3, -0.25) is 4.90 Å². The molecule has 6 rings (SSSR count). The van der Waals surface area contributed by atoms with Crippen molar-refractivity contribution >= 4 is 10.9 Å². The molecule has 23 heavy (non-hydrogen) atoms. The largest absolute Gasteiger partial charge is 0.497 e.